The van der Waals surface area contributed by atoms with E-state index in [1.54, 1.807) is 6.26 Å². The number of carbonyl (C=O) groups is 1. The van der Waals surface area contributed by atoms with Crippen LogP contribution in [0, 0.1) is 5.92 Å². The van der Waals surface area contributed by atoms with Crippen LogP contribution in [-0.4, -0.2) is 17.3 Å². The van der Waals surface area contributed by atoms with Crippen molar-refractivity contribution in [2.24, 2.45) is 5.92 Å². The molecule has 0 spiro atoms. The predicted molar refractivity (Wildman–Crippen MR) is 72.2 cm³/mol. The van der Waals surface area contributed by atoms with Crippen LogP contribution in [0.2, 0.25) is 0 Å². The van der Waals surface area contributed by atoms with Crippen molar-refractivity contribution in [1.29, 1.82) is 0 Å². The van der Waals surface area contributed by atoms with Crippen molar-refractivity contribution in [3.8, 4) is 0 Å². The average Bonchev–Trinajstić information content (AvgIpc) is 2.75. The maximum atomic E-state index is 11.6. The lowest BCUT2D eigenvalue weighted by Crippen LogP contribution is -2.30. The molecule has 0 aromatic carbocycles. The third kappa shape index (κ3) is 6.51. The summed E-state index contributed by atoms with van der Waals surface area (Å²) >= 11 is 3.56. The molecule has 0 bridgehead atoms. The summed E-state index contributed by atoms with van der Waals surface area (Å²) in [6.07, 6.45) is 3.84. The van der Waals surface area contributed by atoms with Gasteiger partial charge in [-0.15, -0.1) is 0 Å². The minimum absolute atomic E-state index is 0.0783. The molecule has 1 rings (SSSR count). The molecule has 1 unspecified atom stereocenters. The zero-order chi connectivity index (χ0) is 12.7. The first-order valence-electron chi connectivity index (χ1n) is 6.01. The molecule has 1 aromatic rings. The Labute approximate surface area is 111 Å². The Balaban J connectivity index is 2.13. The first-order valence-corrected chi connectivity index (χ1v) is 6.92. The predicted octanol–water partition coefficient (Wildman–Crippen LogP) is 3.14. The van der Waals surface area contributed by atoms with Crippen LogP contribution in [0.1, 0.15) is 32.4 Å². The van der Waals surface area contributed by atoms with Crippen LogP contribution in [0.4, 0.5) is 0 Å². The summed E-state index contributed by atoms with van der Waals surface area (Å²) in [5.74, 6) is 1.58. The zero-order valence-corrected chi connectivity index (χ0v) is 12.0. The Hall–Kier alpha value is -0.770. The molecular weight excluding hydrogens is 282 g/mol. The molecule has 0 saturated carbocycles. The van der Waals surface area contributed by atoms with E-state index in [4.69, 9.17) is 4.42 Å². The van der Waals surface area contributed by atoms with E-state index in [0.717, 1.165) is 12.2 Å². The van der Waals surface area contributed by atoms with E-state index in [9.17, 15) is 4.79 Å². The third-order valence-electron chi connectivity index (χ3n) is 2.43. The van der Waals surface area contributed by atoms with Crippen LogP contribution in [0.25, 0.3) is 0 Å². The summed E-state index contributed by atoms with van der Waals surface area (Å²) in [6.45, 7) is 5.04. The Morgan fingerprint density at radius 1 is 1.53 bits per heavy atom. The average molecular weight is 302 g/mol. The number of furan rings is 1. The highest BCUT2D eigenvalue weighted by Crippen LogP contribution is 2.11. The molecule has 0 aliphatic carbocycles. The second-order valence-electron chi connectivity index (χ2n) is 4.61. The summed E-state index contributed by atoms with van der Waals surface area (Å²) < 4.78 is 5.17. The van der Waals surface area contributed by atoms with E-state index in [1.807, 2.05) is 12.1 Å². The second kappa shape index (κ2) is 7.54. The topological polar surface area (TPSA) is 42.2 Å². The van der Waals surface area contributed by atoms with Gasteiger partial charge >= 0.3 is 0 Å². The van der Waals surface area contributed by atoms with Gasteiger partial charge in [-0.25, -0.2) is 0 Å². The lowest BCUT2D eigenvalue weighted by atomic mass is 10.1. The van der Waals surface area contributed by atoms with Gasteiger partial charge in [0, 0.05) is 24.2 Å². The molecule has 96 valence electrons. The summed E-state index contributed by atoms with van der Waals surface area (Å²) in [5.41, 5.74) is 0. The molecule has 4 heteroatoms. The number of aryl methyl sites for hydroxylation is 1. The number of hydrogen-bond donors (Lipinski definition) is 1. The molecule has 0 aliphatic rings. The van der Waals surface area contributed by atoms with Crippen molar-refractivity contribution >= 4 is 21.8 Å². The normalized spacial score (nSPS) is 12.7. The standard InChI is InChI=1S/C13H20BrNO2/c1-10(2)8-11(14)9-15-13(16)6-5-12-4-3-7-17-12/h3-4,7,10-11H,5-6,8-9H2,1-2H3,(H,15,16). The van der Waals surface area contributed by atoms with Crippen LogP contribution in [0.3, 0.4) is 0 Å². The molecule has 1 N–H and O–H groups in total. The molecule has 0 radical (unpaired) electrons. The summed E-state index contributed by atoms with van der Waals surface area (Å²) in [5, 5.41) is 2.92. The third-order valence-corrected chi connectivity index (χ3v) is 3.12. The summed E-state index contributed by atoms with van der Waals surface area (Å²) in [4.78, 5) is 11.9. The maximum Gasteiger partial charge on any atom is 0.220 e. The molecular formula is C13H20BrNO2. The van der Waals surface area contributed by atoms with Crippen molar-refractivity contribution in [1.82, 2.24) is 5.32 Å². The highest BCUT2D eigenvalue weighted by Gasteiger charge is 2.09. The van der Waals surface area contributed by atoms with E-state index in [1.165, 1.54) is 0 Å². The minimum Gasteiger partial charge on any atom is -0.469 e. The largest absolute Gasteiger partial charge is 0.469 e. The summed E-state index contributed by atoms with van der Waals surface area (Å²) in [7, 11) is 0. The van der Waals surface area contributed by atoms with Crippen molar-refractivity contribution in [2.45, 2.75) is 37.9 Å². The zero-order valence-electron chi connectivity index (χ0n) is 10.4. The van der Waals surface area contributed by atoms with E-state index in [-0.39, 0.29) is 5.91 Å². The van der Waals surface area contributed by atoms with Gasteiger partial charge < -0.3 is 9.73 Å². The van der Waals surface area contributed by atoms with Gasteiger partial charge in [-0.1, -0.05) is 29.8 Å². The van der Waals surface area contributed by atoms with Gasteiger partial charge in [0.25, 0.3) is 0 Å². The number of halogens is 1. The first kappa shape index (κ1) is 14.3. The number of amides is 1. The van der Waals surface area contributed by atoms with E-state index >= 15 is 0 Å². The van der Waals surface area contributed by atoms with Crippen LogP contribution >= 0.6 is 15.9 Å². The maximum absolute atomic E-state index is 11.6. The molecule has 1 amide bonds. The SMILES string of the molecule is CC(C)CC(Br)CNC(=O)CCc1ccco1. The number of carbonyl (C=O) groups excluding carboxylic acids is 1. The quantitative estimate of drug-likeness (QED) is 0.786. The van der Waals surface area contributed by atoms with Gasteiger partial charge in [0.05, 0.1) is 6.26 Å². The fourth-order valence-electron chi connectivity index (χ4n) is 1.60. The molecule has 1 aromatic heterocycles. The number of rotatable bonds is 7. The van der Waals surface area contributed by atoms with Crippen LogP contribution < -0.4 is 5.32 Å². The molecule has 0 aliphatic heterocycles. The molecule has 3 nitrogen and oxygen atoms in total. The smallest absolute Gasteiger partial charge is 0.220 e. The van der Waals surface area contributed by atoms with Crippen LogP contribution in [-0.2, 0) is 11.2 Å². The molecule has 0 fully saturated rings. The molecule has 17 heavy (non-hydrogen) atoms. The van der Waals surface area contributed by atoms with Gasteiger partial charge in [0.15, 0.2) is 0 Å². The molecule has 1 atom stereocenters. The van der Waals surface area contributed by atoms with Gasteiger partial charge in [0.1, 0.15) is 5.76 Å². The summed E-state index contributed by atoms with van der Waals surface area (Å²) in [6, 6.07) is 3.73. The van der Waals surface area contributed by atoms with Gasteiger partial charge in [0.2, 0.25) is 5.91 Å². The Kier molecular flexibility index (Phi) is 6.34. The van der Waals surface area contributed by atoms with E-state index < -0.39 is 0 Å². The fourth-order valence-corrected chi connectivity index (χ4v) is 2.51. The van der Waals surface area contributed by atoms with Crippen molar-refractivity contribution in [3.63, 3.8) is 0 Å². The number of alkyl halides is 1. The monoisotopic (exact) mass is 301 g/mol. The lowest BCUT2D eigenvalue weighted by molar-refractivity contribution is -0.121. The van der Waals surface area contributed by atoms with Crippen LogP contribution in [0.15, 0.2) is 22.8 Å². The van der Waals surface area contributed by atoms with Gasteiger partial charge in [-0.3, -0.25) is 4.79 Å². The highest BCUT2D eigenvalue weighted by atomic mass is 79.9. The number of nitrogens with one attached hydrogen (secondary N) is 1. The lowest BCUT2D eigenvalue weighted by Gasteiger charge is -2.13. The number of hydrogen-bond acceptors (Lipinski definition) is 2. The van der Waals surface area contributed by atoms with Gasteiger partial charge in [-0.05, 0) is 24.5 Å². The highest BCUT2D eigenvalue weighted by molar-refractivity contribution is 9.09. The van der Waals surface area contributed by atoms with E-state index in [0.29, 0.717) is 30.1 Å². The van der Waals surface area contributed by atoms with Crippen molar-refractivity contribution < 1.29 is 9.21 Å². The van der Waals surface area contributed by atoms with Crippen LogP contribution in [0.5, 0.6) is 0 Å². The van der Waals surface area contributed by atoms with Crippen molar-refractivity contribution in [2.75, 3.05) is 6.54 Å². The fraction of sp³-hybridized carbons (Fsp3) is 0.615. The Morgan fingerprint density at radius 2 is 2.29 bits per heavy atom. The minimum atomic E-state index is 0.0783. The van der Waals surface area contributed by atoms with Gasteiger partial charge in [-0.2, -0.15) is 0 Å². The first-order chi connectivity index (χ1) is 8.08. The molecule has 0 saturated heterocycles. The van der Waals surface area contributed by atoms with E-state index in [2.05, 4.69) is 35.1 Å². The second-order valence-corrected chi connectivity index (χ2v) is 5.91. The molecule has 1 heterocycles. The Morgan fingerprint density at radius 3 is 2.88 bits per heavy atom. The van der Waals surface area contributed by atoms with Crippen molar-refractivity contribution in [3.05, 3.63) is 24.2 Å². The Bertz CT molecular complexity index is 322.